The Morgan fingerprint density at radius 2 is 1.25 bits per heavy atom. The van der Waals surface area contributed by atoms with E-state index in [-0.39, 0.29) is 42.4 Å². The molecule has 0 aromatic heterocycles. The fourth-order valence-corrected chi connectivity index (χ4v) is 8.89. The van der Waals surface area contributed by atoms with Crippen molar-refractivity contribution in [3.8, 4) is 0 Å². The molecule has 4 atom stereocenters. The maximum Gasteiger partial charge on any atom is 0.410 e. The Labute approximate surface area is 288 Å². The fourth-order valence-electron chi connectivity index (χ4n) is 7.02. The highest BCUT2D eigenvalue weighted by Crippen LogP contribution is 2.52. The van der Waals surface area contributed by atoms with E-state index in [1.165, 1.54) is 15.9 Å². The molecule has 0 saturated carbocycles. The van der Waals surface area contributed by atoms with E-state index in [1.807, 2.05) is 34.9 Å². The molecule has 8 nitrogen and oxygen atoms in total. The summed E-state index contributed by atoms with van der Waals surface area (Å²) in [6.45, 7) is 8.40. The van der Waals surface area contributed by atoms with E-state index in [9.17, 15) is 14.4 Å². The van der Waals surface area contributed by atoms with Crippen LogP contribution in [0.25, 0.3) is 0 Å². The first-order chi connectivity index (χ1) is 23.3. The first kappa shape index (κ1) is 34.8. The van der Waals surface area contributed by atoms with Crippen molar-refractivity contribution in [2.45, 2.75) is 41.3 Å². The summed E-state index contributed by atoms with van der Waals surface area (Å²) >= 11 is 1.87. The number of hydrogen-bond donors (Lipinski definition) is 0. The summed E-state index contributed by atoms with van der Waals surface area (Å²) in [5.74, 6) is -0.158. The number of carbonyl (C=O) groups is 3. The van der Waals surface area contributed by atoms with Gasteiger partial charge < -0.3 is 19.3 Å². The Bertz CT molecular complexity index is 1450. The zero-order chi connectivity index (χ0) is 34.1. The molecule has 3 aromatic carbocycles. The molecule has 0 N–H and O–H groups in total. The van der Waals surface area contributed by atoms with E-state index < -0.39 is 16.9 Å². The van der Waals surface area contributed by atoms with Gasteiger partial charge in [-0.1, -0.05) is 116 Å². The zero-order valence-corrected chi connectivity index (χ0v) is 28.6. The van der Waals surface area contributed by atoms with Crippen molar-refractivity contribution in [3.63, 3.8) is 0 Å². The fraction of sp³-hybridized carbons (Fsp3) is 0.359. The monoisotopic (exact) mass is 667 g/mol. The summed E-state index contributed by atoms with van der Waals surface area (Å²) in [4.78, 5) is 44.6. The van der Waals surface area contributed by atoms with Gasteiger partial charge in [0.25, 0.3) is 0 Å². The standard InChI is InChI=1S/C39H45N3O5S/c1-5-22-46-37(44)41-28-34(26-33(41)24-29-25-35(36(43)40(3)4)42(27-29)38(45)47-23-6-2)48-39(30-16-10-7-11-17-30,31-18-12-8-13-19-31)32-20-14-9-15-21-32/h5-21,29,33-35H,1-2,22-28H2,3-4H3/t29?,33-,34+,35?/m1/s1. The van der Waals surface area contributed by atoms with Crippen LogP contribution in [-0.4, -0.2) is 90.5 Å². The van der Waals surface area contributed by atoms with E-state index in [0.717, 1.165) is 23.1 Å². The van der Waals surface area contributed by atoms with Crippen molar-refractivity contribution < 1.29 is 23.9 Å². The lowest BCUT2D eigenvalue weighted by Gasteiger charge is -2.37. The summed E-state index contributed by atoms with van der Waals surface area (Å²) in [6.07, 6.45) is 4.02. The highest BCUT2D eigenvalue weighted by atomic mass is 32.2. The smallest absolute Gasteiger partial charge is 0.410 e. The number of nitrogens with zero attached hydrogens (tertiary/aromatic N) is 3. The number of hydrogen-bond acceptors (Lipinski definition) is 6. The molecule has 3 amide bonds. The van der Waals surface area contributed by atoms with Gasteiger partial charge in [0.05, 0.1) is 4.75 Å². The SMILES string of the molecule is C=CCOC(=O)N1CC(C[C@@H]2C[C@H](SC(c3ccccc3)(c3ccccc3)c3ccccc3)CN2C(=O)OCC=C)CC1C(=O)N(C)C. The third-order valence-electron chi connectivity index (χ3n) is 9.10. The predicted molar refractivity (Wildman–Crippen MR) is 191 cm³/mol. The maximum atomic E-state index is 13.6. The van der Waals surface area contributed by atoms with Crippen molar-refractivity contribution in [2.24, 2.45) is 5.92 Å². The van der Waals surface area contributed by atoms with E-state index in [0.29, 0.717) is 25.9 Å². The van der Waals surface area contributed by atoms with Gasteiger partial charge in [-0.2, -0.15) is 0 Å². The van der Waals surface area contributed by atoms with Gasteiger partial charge in [0, 0.05) is 38.5 Å². The highest BCUT2D eigenvalue weighted by molar-refractivity contribution is 8.01. The Morgan fingerprint density at radius 1 is 0.771 bits per heavy atom. The maximum absolute atomic E-state index is 13.6. The molecular formula is C39H45N3O5S. The van der Waals surface area contributed by atoms with Crippen LogP contribution in [0.5, 0.6) is 0 Å². The molecule has 0 spiro atoms. The molecular weight excluding hydrogens is 623 g/mol. The number of amides is 3. The van der Waals surface area contributed by atoms with Gasteiger partial charge in [0.15, 0.2) is 0 Å². The number of benzene rings is 3. The van der Waals surface area contributed by atoms with Crippen LogP contribution in [0.1, 0.15) is 36.0 Å². The van der Waals surface area contributed by atoms with E-state index in [2.05, 4.69) is 86.0 Å². The normalized spacial score (nSPS) is 20.6. The average molecular weight is 668 g/mol. The third-order valence-corrected chi connectivity index (χ3v) is 10.8. The summed E-state index contributed by atoms with van der Waals surface area (Å²) in [7, 11) is 3.38. The molecule has 5 rings (SSSR count). The number of likely N-dealkylation sites (N-methyl/N-ethyl adjacent to an activating group) is 1. The lowest BCUT2D eigenvalue weighted by Crippen LogP contribution is -2.45. The number of rotatable bonds is 12. The van der Waals surface area contributed by atoms with Crippen molar-refractivity contribution in [1.82, 2.24) is 14.7 Å². The Kier molecular flexibility index (Phi) is 11.7. The summed E-state index contributed by atoms with van der Waals surface area (Å²) < 4.78 is 10.4. The summed E-state index contributed by atoms with van der Waals surface area (Å²) in [5.41, 5.74) is 3.48. The third kappa shape index (κ3) is 7.62. The number of carbonyl (C=O) groups excluding carboxylic acids is 3. The molecule has 2 saturated heterocycles. The molecule has 2 unspecified atom stereocenters. The largest absolute Gasteiger partial charge is 0.445 e. The molecule has 252 valence electrons. The minimum absolute atomic E-state index is 0.0132. The highest BCUT2D eigenvalue weighted by Gasteiger charge is 2.47. The van der Waals surface area contributed by atoms with Crippen LogP contribution in [0.4, 0.5) is 9.59 Å². The van der Waals surface area contributed by atoms with Crippen molar-refractivity contribution in [1.29, 1.82) is 0 Å². The molecule has 48 heavy (non-hydrogen) atoms. The Balaban J connectivity index is 1.47. The van der Waals surface area contributed by atoms with E-state index >= 15 is 0 Å². The number of likely N-dealkylation sites (tertiary alicyclic amines) is 2. The summed E-state index contributed by atoms with van der Waals surface area (Å²) in [6, 6.07) is 30.8. The molecule has 2 aliphatic heterocycles. The zero-order valence-electron chi connectivity index (χ0n) is 27.8. The first-order valence-corrected chi connectivity index (χ1v) is 17.3. The molecule has 9 heteroatoms. The molecule has 2 fully saturated rings. The van der Waals surface area contributed by atoms with Gasteiger partial charge in [-0.05, 0) is 41.9 Å². The van der Waals surface area contributed by atoms with Crippen molar-refractivity contribution >= 4 is 29.9 Å². The van der Waals surface area contributed by atoms with Gasteiger partial charge in [-0.15, -0.1) is 11.8 Å². The lowest BCUT2D eigenvalue weighted by molar-refractivity contribution is -0.133. The Morgan fingerprint density at radius 3 is 1.71 bits per heavy atom. The second-order valence-corrected chi connectivity index (χ2v) is 14.0. The van der Waals surface area contributed by atoms with Crippen LogP contribution in [0.2, 0.25) is 0 Å². The van der Waals surface area contributed by atoms with Gasteiger partial charge >= 0.3 is 12.2 Å². The number of ether oxygens (including phenoxy) is 2. The van der Waals surface area contributed by atoms with Gasteiger partial charge in [-0.25, -0.2) is 9.59 Å². The molecule has 2 aliphatic rings. The van der Waals surface area contributed by atoms with E-state index in [4.69, 9.17) is 9.47 Å². The van der Waals surface area contributed by atoms with Crippen LogP contribution >= 0.6 is 11.8 Å². The Hall–Kier alpha value is -4.50. The lowest BCUT2D eigenvalue weighted by atomic mass is 9.84. The topological polar surface area (TPSA) is 79.4 Å². The summed E-state index contributed by atoms with van der Waals surface area (Å²) in [5, 5.41) is 0.0566. The minimum atomic E-state index is -0.628. The predicted octanol–water partition coefficient (Wildman–Crippen LogP) is 6.97. The minimum Gasteiger partial charge on any atom is -0.445 e. The van der Waals surface area contributed by atoms with Gasteiger partial charge in [0.2, 0.25) is 5.91 Å². The van der Waals surface area contributed by atoms with Crippen LogP contribution in [-0.2, 0) is 19.0 Å². The quantitative estimate of drug-likeness (QED) is 0.153. The van der Waals surface area contributed by atoms with Crippen LogP contribution in [0, 0.1) is 5.92 Å². The second kappa shape index (κ2) is 16.1. The average Bonchev–Trinajstić information content (AvgIpc) is 3.73. The first-order valence-electron chi connectivity index (χ1n) is 16.4. The molecule has 0 bridgehead atoms. The molecule has 0 radical (unpaired) electrons. The van der Waals surface area contributed by atoms with Gasteiger partial charge in [0.1, 0.15) is 19.3 Å². The van der Waals surface area contributed by atoms with Crippen LogP contribution < -0.4 is 0 Å². The van der Waals surface area contributed by atoms with Crippen molar-refractivity contribution in [3.05, 3.63) is 133 Å². The second-order valence-electron chi connectivity index (χ2n) is 12.5. The van der Waals surface area contributed by atoms with Crippen LogP contribution in [0.15, 0.2) is 116 Å². The van der Waals surface area contributed by atoms with Crippen molar-refractivity contribution in [2.75, 3.05) is 40.4 Å². The van der Waals surface area contributed by atoms with Gasteiger partial charge in [-0.3, -0.25) is 9.69 Å². The molecule has 2 heterocycles. The molecule has 0 aliphatic carbocycles. The van der Waals surface area contributed by atoms with Crippen LogP contribution in [0.3, 0.4) is 0 Å². The molecule has 3 aromatic rings. The number of thioether (sulfide) groups is 1. The van der Waals surface area contributed by atoms with E-state index in [1.54, 1.807) is 20.2 Å².